The van der Waals surface area contributed by atoms with Gasteiger partial charge in [0, 0.05) is 0 Å². The Kier molecular flexibility index (Phi) is 4.91. The summed E-state index contributed by atoms with van der Waals surface area (Å²) >= 11 is 0. The highest BCUT2D eigenvalue weighted by Gasteiger charge is 2.60. The first kappa shape index (κ1) is 19.0. The molecule has 26 heavy (non-hydrogen) atoms. The van der Waals surface area contributed by atoms with Gasteiger partial charge in [-0.1, -0.05) is 25.5 Å². The van der Waals surface area contributed by atoms with Gasteiger partial charge in [0.1, 0.15) is 5.75 Å². The van der Waals surface area contributed by atoms with Crippen molar-refractivity contribution in [2.45, 2.75) is 71.5 Å². The highest BCUT2D eigenvalue weighted by molar-refractivity contribution is 5.88. The molecule has 4 nitrogen and oxygen atoms in total. The van der Waals surface area contributed by atoms with Gasteiger partial charge in [-0.2, -0.15) is 0 Å². The second-order valence-corrected chi connectivity index (χ2v) is 8.77. The van der Waals surface area contributed by atoms with Crippen LogP contribution < -0.4 is 0 Å². The quantitative estimate of drug-likeness (QED) is 0.706. The van der Waals surface area contributed by atoms with Crippen LogP contribution in [-0.4, -0.2) is 27.9 Å². The molecule has 142 valence electrons. The van der Waals surface area contributed by atoms with E-state index >= 15 is 0 Å². The third-order valence-electron chi connectivity index (χ3n) is 6.60. The fraction of sp³-hybridized carbons (Fsp3) is 0.591. The molecule has 0 spiro atoms. The maximum atomic E-state index is 11.1. The standard InChI is InChI=1S/C22H30O4/c1-14(5-7-15-13-16(20(24)25)8-9-17(15)23)6-10-18-21(2,3)19-11-12-22(18,4)26-19/h5,8-9,13,18-19,23H,6-7,10-12H2,1-4H3,(H,24,25)/t18-,19-,22+/m1/s1. The maximum Gasteiger partial charge on any atom is 0.335 e. The van der Waals surface area contributed by atoms with E-state index in [0.29, 0.717) is 24.0 Å². The van der Waals surface area contributed by atoms with E-state index in [1.807, 2.05) is 0 Å². The van der Waals surface area contributed by atoms with Crippen LogP contribution in [0.4, 0.5) is 0 Å². The molecule has 2 N–H and O–H groups in total. The second-order valence-electron chi connectivity index (χ2n) is 8.77. The van der Waals surface area contributed by atoms with Crippen molar-refractivity contribution < 1.29 is 19.7 Å². The number of fused-ring (bicyclic) bond motifs is 2. The summed E-state index contributed by atoms with van der Waals surface area (Å²) in [7, 11) is 0. The number of ether oxygens (including phenoxy) is 1. The molecule has 0 saturated carbocycles. The zero-order valence-corrected chi connectivity index (χ0v) is 16.2. The van der Waals surface area contributed by atoms with E-state index < -0.39 is 5.97 Å². The van der Waals surface area contributed by atoms with E-state index in [4.69, 9.17) is 9.84 Å². The summed E-state index contributed by atoms with van der Waals surface area (Å²) in [6.07, 6.45) is 7.46. The van der Waals surface area contributed by atoms with Crippen LogP contribution >= 0.6 is 0 Å². The van der Waals surface area contributed by atoms with Crippen LogP contribution in [-0.2, 0) is 11.2 Å². The molecule has 1 aromatic carbocycles. The zero-order chi connectivity index (χ0) is 19.1. The Morgan fingerprint density at radius 1 is 1.35 bits per heavy atom. The zero-order valence-electron chi connectivity index (χ0n) is 16.2. The largest absolute Gasteiger partial charge is 0.508 e. The van der Waals surface area contributed by atoms with Gasteiger partial charge in [-0.15, -0.1) is 0 Å². The molecule has 2 bridgehead atoms. The molecular formula is C22H30O4. The number of aromatic carboxylic acids is 1. The van der Waals surface area contributed by atoms with Crippen LogP contribution in [0.3, 0.4) is 0 Å². The minimum absolute atomic E-state index is 0.0164. The van der Waals surface area contributed by atoms with Crippen LogP contribution in [0.5, 0.6) is 5.75 Å². The van der Waals surface area contributed by atoms with E-state index in [-0.39, 0.29) is 22.3 Å². The minimum Gasteiger partial charge on any atom is -0.508 e. The molecule has 0 amide bonds. The van der Waals surface area contributed by atoms with Gasteiger partial charge in [-0.05, 0) is 81.0 Å². The van der Waals surface area contributed by atoms with Crippen molar-refractivity contribution in [2.24, 2.45) is 11.3 Å². The number of phenols is 1. The molecule has 4 heteroatoms. The molecule has 2 aliphatic rings. The highest BCUT2D eigenvalue weighted by Crippen LogP contribution is 2.59. The molecule has 0 aliphatic carbocycles. The predicted molar refractivity (Wildman–Crippen MR) is 102 cm³/mol. The Balaban J connectivity index is 1.63. The van der Waals surface area contributed by atoms with E-state index in [1.165, 1.54) is 24.1 Å². The van der Waals surface area contributed by atoms with Gasteiger partial charge in [0.05, 0.1) is 17.3 Å². The Labute approximate surface area is 155 Å². The Morgan fingerprint density at radius 2 is 2.08 bits per heavy atom. The molecule has 1 aromatic rings. The molecule has 3 atom stereocenters. The second kappa shape index (κ2) is 6.73. The Morgan fingerprint density at radius 3 is 2.69 bits per heavy atom. The van der Waals surface area contributed by atoms with Crippen LogP contribution in [0.15, 0.2) is 29.8 Å². The first-order chi connectivity index (χ1) is 12.1. The number of carbonyl (C=O) groups is 1. The maximum absolute atomic E-state index is 11.1. The molecule has 0 radical (unpaired) electrons. The molecule has 3 rings (SSSR count). The van der Waals surface area contributed by atoms with Crippen LogP contribution in [0.25, 0.3) is 0 Å². The van der Waals surface area contributed by atoms with Crippen molar-refractivity contribution in [1.82, 2.24) is 0 Å². The molecule has 0 unspecified atom stereocenters. The van der Waals surface area contributed by atoms with Gasteiger partial charge in [0.2, 0.25) is 0 Å². The molecule has 0 aromatic heterocycles. The number of carboxylic acid groups (broad SMARTS) is 1. The van der Waals surface area contributed by atoms with E-state index in [9.17, 15) is 9.90 Å². The molecule has 2 saturated heterocycles. The lowest BCUT2D eigenvalue weighted by atomic mass is 9.62. The summed E-state index contributed by atoms with van der Waals surface area (Å²) in [5, 5.41) is 19.1. The predicted octanol–water partition coefficient (Wildman–Crippen LogP) is 4.95. The van der Waals surface area contributed by atoms with Crippen molar-refractivity contribution >= 4 is 5.97 Å². The third-order valence-corrected chi connectivity index (χ3v) is 6.60. The third kappa shape index (κ3) is 3.39. The topological polar surface area (TPSA) is 66.8 Å². The number of allylic oxidation sites excluding steroid dienone is 2. The van der Waals surface area contributed by atoms with Gasteiger partial charge in [-0.3, -0.25) is 0 Å². The summed E-state index contributed by atoms with van der Waals surface area (Å²) in [6.45, 7) is 9.05. The lowest BCUT2D eigenvalue weighted by Crippen LogP contribution is -2.40. The van der Waals surface area contributed by atoms with Crippen LogP contribution in [0.2, 0.25) is 0 Å². The molecule has 2 fully saturated rings. The fourth-order valence-corrected chi connectivity index (χ4v) is 4.97. The number of aromatic hydroxyl groups is 1. The summed E-state index contributed by atoms with van der Waals surface area (Å²) in [4.78, 5) is 11.1. The number of hydrogen-bond acceptors (Lipinski definition) is 3. The minimum atomic E-state index is -0.973. The first-order valence-electron chi connectivity index (χ1n) is 9.52. The van der Waals surface area contributed by atoms with Crippen molar-refractivity contribution in [1.29, 1.82) is 0 Å². The summed E-state index contributed by atoms with van der Waals surface area (Å²) < 4.78 is 6.29. The number of rotatable bonds is 6. The number of hydrogen-bond donors (Lipinski definition) is 2. The van der Waals surface area contributed by atoms with E-state index in [0.717, 1.165) is 19.3 Å². The summed E-state index contributed by atoms with van der Waals surface area (Å²) in [5.74, 6) is -0.270. The number of phenolic OH excluding ortho intramolecular Hbond substituents is 1. The summed E-state index contributed by atoms with van der Waals surface area (Å²) in [5.41, 5.74) is 2.37. The number of carboxylic acids is 1. The molecular weight excluding hydrogens is 328 g/mol. The van der Waals surface area contributed by atoms with Crippen molar-refractivity contribution in [3.8, 4) is 5.75 Å². The average Bonchev–Trinajstić information content (AvgIpc) is 3.04. The van der Waals surface area contributed by atoms with Crippen molar-refractivity contribution in [3.05, 3.63) is 41.0 Å². The van der Waals surface area contributed by atoms with Gasteiger partial charge < -0.3 is 14.9 Å². The van der Waals surface area contributed by atoms with E-state index in [1.54, 1.807) is 6.07 Å². The molecule has 2 aliphatic heterocycles. The monoisotopic (exact) mass is 358 g/mol. The fourth-order valence-electron chi connectivity index (χ4n) is 4.97. The normalized spacial score (nSPS) is 29.9. The van der Waals surface area contributed by atoms with Gasteiger partial charge >= 0.3 is 5.97 Å². The van der Waals surface area contributed by atoms with Gasteiger partial charge in [0.25, 0.3) is 0 Å². The van der Waals surface area contributed by atoms with Crippen LogP contribution in [0, 0.1) is 11.3 Å². The first-order valence-corrected chi connectivity index (χ1v) is 9.52. The average molecular weight is 358 g/mol. The highest BCUT2D eigenvalue weighted by atomic mass is 16.5. The SMILES string of the molecule is CC(=CCc1cc(C(=O)O)ccc1O)CC[C@@H]1C(C)(C)[C@H]2CC[C@]1(C)O2. The van der Waals surface area contributed by atoms with Crippen molar-refractivity contribution in [3.63, 3.8) is 0 Å². The van der Waals surface area contributed by atoms with E-state index in [2.05, 4.69) is 33.8 Å². The lowest BCUT2D eigenvalue weighted by Gasteiger charge is -2.39. The van der Waals surface area contributed by atoms with Gasteiger partial charge in [0.15, 0.2) is 0 Å². The lowest BCUT2D eigenvalue weighted by molar-refractivity contribution is 0.00469. The Bertz CT molecular complexity index is 729. The van der Waals surface area contributed by atoms with Gasteiger partial charge in [-0.25, -0.2) is 4.79 Å². The Hall–Kier alpha value is -1.81. The number of benzene rings is 1. The summed E-state index contributed by atoms with van der Waals surface area (Å²) in [6, 6.07) is 4.43. The van der Waals surface area contributed by atoms with Crippen LogP contribution in [0.1, 0.15) is 69.3 Å². The van der Waals surface area contributed by atoms with Crippen molar-refractivity contribution in [2.75, 3.05) is 0 Å². The smallest absolute Gasteiger partial charge is 0.335 e. The molecule has 2 heterocycles.